The third-order valence-corrected chi connectivity index (χ3v) is 3.94. The van der Waals surface area contributed by atoms with E-state index in [9.17, 15) is 0 Å². The molecule has 0 saturated heterocycles. The van der Waals surface area contributed by atoms with E-state index in [1.54, 1.807) is 12.4 Å². The van der Waals surface area contributed by atoms with Crippen LogP contribution < -0.4 is 0 Å². The Bertz CT molecular complexity index is 761. The van der Waals surface area contributed by atoms with Crippen molar-refractivity contribution in [1.29, 1.82) is 0 Å². The Morgan fingerprint density at radius 2 is 2.33 bits per heavy atom. The normalized spacial score (nSPS) is 17.7. The van der Waals surface area contributed by atoms with Gasteiger partial charge in [-0.25, -0.2) is 0 Å². The van der Waals surface area contributed by atoms with E-state index in [0.717, 1.165) is 24.1 Å². The summed E-state index contributed by atoms with van der Waals surface area (Å²) in [4.78, 5) is 8.53. The smallest absolute Gasteiger partial charge is 0.279 e. The number of hydrogen-bond donors (Lipinski definition) is 1. The van der Waals surface area contributed by atoms with Gasteiger partial charge >= 0.3 is 0 Å². The molecule has 1 aliphatic rings. The van der Waals surface area contributed by atoms with Crippen LogP contribution in [-0.4, -0.2) is 25.3 Å². The van der Waals surface area contributed by atoms with Gasteiger partial charge < -0.3 is 4.52 Å². The molecule has 0 aliphatic heterocycles. The van der Waals surface area contributed by atoms with Crippen LogP contribution in [0, 0.1) is 5.92 Å². The SMILES string of the molecule is C[C@@H]1CCc2[nH]nc(-c3nc(-c4cccnc4)no3)c2C1. The number of hydrogen-bond acceptors (Lipinski definition) is 5. The largest absolute Gasteiger partial charge is 0.332 e. The maximum atomic E-state index is 5.39. The summed E-state index contributed by atoms with van der Waals surface area (Å²) in [5, 5.41) is 11.5. The fourth-order valence-corrected chi connectivity index (χ4v) is 2.78. The molecule has 3 aromatic heterocycles. The van der Waals surface area contributed by atoms with Crippen LogP contribution >= 0.6 is 0 Å². The minimum atomic E-state index is 0.473. The quantitative estimate of drug-likeness (QED) is 0.781. The first-order valence-electron chi connectivity index (χ1n) is 7.12. The van der Waals surface area contributed by atoms with Crippen molar-refractivity contribution in [2.24, 2.45) is 5.92 Å². The van der Waals surface area contributed by atoms with Gasteiger partial charge in [0.2, 0.25) is 5.82 Å². The summed E-state index contributed by atoms with van der Waals surface area (Å²) < 4.78 is 5.39. The summed E-state index contributed by atoms with van der Waals surface area (Å²) in [5.41, 5.74) is 4.05. The standard InChI is InChI=1S/C15H15N5O/c1-9-4-5-12-11(7-9)13(19-18-12)15-17-14(20-21-15)10-3-2-6-16-8-10/h2-3,6,8-9H,4-5,7H2,1H3,(H,18,19)/t9-/m1/s1. The highest BCUT2D eigenvalue weighted by Gasteiger charge is 2.25. The van der Waals surface area contributed by atoms with E-state index in [-0.39, 0.29) is 0 Å². The Hall–Kier alpha value is -2.50. The Morgan fingerprint density at radius 1 is 1.38 bits per heavy atom. The number of H-pyrrole nitrogens is 1. The van der Waals surface area contributed by atoms with Crippen LogP contribution in [0.2, 0.25) is 0 Å². The lowest BCUT2D eigenvalue weighted by molar-refractivity contribution is 0.429. The lowest BCUT2D eigenvalue weighted by Crippen LogP contribution is -2.10. The minimum absolute atomic E-state index is 0.473. The number of aromatic amines is 1. The summed E-state index contributed by atoms with van der Waals surface area (Å²) in [5.74, 6) is 1.67. The molecule has 0 amide bonds. The molecule has 0 fully saturated rings. The number of aromatic nitrogens is 5. The average molecular weight is 281 g/mol. The molecule has 0 bridgehead atoms. The van der Waals surface area contributed by atoms with E-state index in [1.807, 2.05) is 12.1 Å². The fourth-order valence-electron chi connectivity index (χ4n) is 2.78. The highest BCUT2D eigenvalue weighted by atomic mass is 16.5. The number of nitrogens with one attached hydrogen (secondary N) is 1. The zero-order chi connectivity index (χ0) is 14.2. The van der Waals surface area contributed by atoms with Crippen LogP contribution in [0.1, 0.15) is 24.6 Å². The first kappa shape index (κ1) is 12.3. The van der Waals surface area contributed by atoms with Gasteiger partial charge in [0.05, 0.1) is 0 Å². The molecule has 0 unspecified atom stereocenters. The molecule has 0 spiro atoms. The first-order valence-corrected chi connectivity index (χ1v) is 7.12. The minimum Gasteiger partial charge on any atom is -0.332 e. The van der Waals surface area contributed by atoms with Gasteiger partial charge in [0.1, 0.15) is 0 Å². The third-order valence-electron chi connectivity index (χ3n) is 3.94. The summed E-state index contributed by atoms with van der Waals surface area (Å²) in [6, 6.07) is 3.76. The molecule has 1 aliphatic carbocycles. The second kappa shape index (κ2) is 4.80. The van der Waals surface area contributed by atoms with E-state index in [0.29, 0.717) is 17.6 Å². The molecule has 4 rings (SSSR count). The lowest BCUT2D eigenvalue weighted by atomic mass is 9.88. The van der Waals surface area contributed by atoms with Crippen molar-refractivity contribution in [2.45, 2.75) is 26.2 Å². The van der Waals surface area contributed by atoms with Crippen molar-refractivity contribution in [1.82, 2.24) is 25.3 Å². The van der Waals surface area contributed by atoms with Gasteiger partial charge in [0.25, 0.3) is 5.89 Å². The summed E-state index contributed by atoms with van der Waals surface area (Å²) in [7, 11) is 0. The molecule has 3 heterocycles. The van der Waals surface area contributed by atoms with Crippen molar-refractivity contribution in [2.75, 3.05) is 0 Å². The van der Waals surface area contributed by atoms with Crippen LogP contribution in [0.4, 0.5) is 0 Å². The molecule has 1 N–H and O–H groups in total. The average Bonchev–Trinajstić information content (AvgIpc) is 3.14. The predicted molar refractivity (Wildman–Crippen MR) is 76.3 cm³/mol. The number of rotatable bonds is 2. The van der Waals surface area contributed by atoms with Gasteiger partial charge in [-0.05, 0) is 37.3 Å². The first-order chi connectivity index (χ1) is 10.3. The van der Waals surface area contributed by atoms with Crippen molar-refractivity contribution >= 4 is 0 Å². The van der Waals surface area contributed by atoms with E-state index in [4.69, 9.17) is 4.52 Å². The summed E-state index contributed by atoms with van der Waals surface area (Å²) in [6.45, 7) is 2.26. The van der Waals surface area contributed by atoms with E-state index in [2.05, 4.69) is 32.2 Å². The highest BCUT2D eigenvalue weighted by Crippen LogP contribution is 2.31. The van der Waals surface area contributed by atoms with Gasteiger partial charge in [-0.15, -0.1) is 0 Å². The molecule has 106 valence electrons. The highest BCUT2D eigenvalue weighted by molar-refractivity contribution is 5.59. The molecule has 6 nitrogen and oxygen atoms in total. The lowest BCUT2D eigenvalue weighted by Gasteiger charge is -2.17. The Kier molecular flexibility index (Phi) is 2.80. The third kappa shape index (κ3) is 2.12. The van der Waals surface area contributed by atoms with Gasteiger partial charge in [-0.1, -0.05) is 12.1 Å². The molecule has 0 saturated carbocycles. The number of pyridine rings is 1. The van der Waals surface area contributed by atoms with Crippen molar-refractivity contribution in [3.63, 3.8) is 0 Å². The molecular weight excluding hydrogens is 266 g/mol. The van der Waals surface area contributed by atoms with Crippen LogP contribution in [0.25, 0.3) is 23.0 Å². The Balaban J connectivity index is 1.72. The topological polar surface area (TPSA) is 80.5 Å². The van der Waals surface area contributed by atoms with E-state index in [1.165, 1.54) is 17.7 Å². The van der Waals surface area contributed by atoms with E-state index < -0.39 is 0 Å². The van der Waals surface area contributed by atoms with Crippen LogP contribution in [0.15, 0.2) is 29.0 Å². The van der Waals surface area contributed by atoms with E-state index >= 15 is 0 Å². The summed E-state index contributed by atoms with van der Waals surface area (Å²) in [6.07, 6.45) is 6.67. The monoisotopic (exact) mass is 281 g/mol. The molecule has 21 heavy (non-hydrogen) atoms. The molecule has 0 aromatic carbocycles. The fraction of sp³-hybridized carbons (Fsp3) is 0.333. The molecule has 0 radical (unpaired) electrons. The van der Waals surface area contributed by atoms with Gasteiger partial charge in [0.15, 0.2) is 5.69 Å². The van der Waals surface area contributed by atoms with Crippen molar-refractivity contribution in [3.8, 4) is 23.0 Å². The second-order valence-corrected chi connectivity index (χ2v) is 5.54. The molecular formula is C15H15N5O. The summed E-state index contributed by atoms with van der Waals surface area (Å²) >= 11 is 0. The van der Waals surface area contributed by atoms with Gasteiger partial charge in [-0.3, -0.25) is 10.1 Å². The second-order valence-electron chi connectivity index (χ2n) is 5.54. The number of nitrogens with zero attached hydrogens (tertiary/aromatic N) is 4. The van der Waals surface area contributed by atoms with Crippen LogP contribution in [0.3, 0.4) is 0 Å². The maximum absolute atomic E-state index is 5.39. The molecule has 1 atom stereocenters. The van der Waals surface area contributed by atoms with Crippen LogP contribution in [-0.2, 0) is 12.8 Å². The van der Waals surface area contributed by atoms with Crippen LogP contribution in [0.5, 0.6) is 0 Å². The van der Waals surface area contributed by atoms with Crippen molar-refractivity contribution in [3.05, 3.63) is 35.8 Å². The number of fused-ring (bicyclic) bond motifs is 1. The van der Waals surface area contributed by atoms with Gasteiger partial charge in [-0.2, -0.15) is 10.1 Å². The molecule has 3 aromatic rings. The number of aryl methyl sites for hydroxylation is 1. The zero-order valence-corrected chi connectivity index (χ0v) is 11.7. The predicted octanol–water partition coefficient (Wildman–Crippen LogP) is 2.65. The maximum Gasteiger partial charge on any atom is 0.279 e. The van der Waals surface area contributed by atoms with Crippen molar-refractivity contribution < 1.29 is 4.52 Å². The van der Waals surface area contributed by atoms with Gasteiger partial charge in [0, 0.05) is 29.2 Å². The zero-order valence-electron chi connectivity index (χ0n) is 11.7. The Labute approximate surface area is 121 Å². The molecule has 6 heteroatoms. The Morgan fingerprint density at radius 3 is 3.19 bits per heavy atom.